The van der Waals surface area contributed by atoms with Crippen molar-refractivity contribution in [1.29, 1.82) is 0 Å². The van der Waals surface area contributed by atoms with Crippen LogP contribution in [0.4, 0.5) is 0 Å². The number of hydrogen-bond donors (Lipinski definition) is 1. The molecule has 2 heteroatoms. The van der Waals surface area contributed by atoms with Crippen molar-refractivity contribution in [3.63, 3.8) is 0 Å². The molecule has 2 rings (SSSR count). The van der Waals surface area contributed by atoms with Crippen LogP contribution in [0.5, 0.6) is 5.75 Å². The Hall–Kier alpha value is -1.46. The van der Waals surface area contributed by atoms with Gasteiger partial charge in [0.25, 0.3) is 0 Å². The van der Waals surface area contributed by atoms with Gasteiger partial charge in [0.05, 0.1) is 6.04 Å². The predicted molar refractivity (Wildman–Crippen MR) is 65.4 cm³/mol. The van der Waals surface area contributed by atoms with E-state index in [0.717, 1.165) is 17.7 Å². The van der Waals surface area contributed by atoms with Crippen molar-refractivity contribution in [2.75, 3.05) is 0 Å². The van der Waals surface area contributed by atoms with Gasteiger partial charge in [-0.2, -0.15) is 0 Å². The fraction of sp³-hybridized carbons (Fsp3) is 0.429. The van der Waals surface area contributed by atoms with E-state index in [1.807, 2.05) is 19.1 Å². The summed E-state index contributed by atoms with van der Waals surface area (Å²) in [7, 11) is 0. The second kappa shape index (κ2) is 3.84. The minimum Gasteiger partial charge on any atom is -0.487 e. The van der Waals surface area contributed by atoms with E-state index in [1.165, 1.54) is 5.56 Å². The third-order valence-corrected chi connectivity index (χ3v) is 2.51. The number of rotatable bonds is 0. The molecule has 1 atom stereocenters. The van der Waals surface area contributed by atoms with Gasteiger partial charge in [-0.1, -0.05) is 11.8 Å². The van der Waals surface area contributed by atoms with Gasteiger partial charge in [-0.3, -0.25) is 0 Å². The highest BCUT2D eigenvalue weighted by Crippen LogP contribution is 2.34. The Morgan fingerprint density at radius 1 is 1.44 bits per heavy atom. The fourth-order valence-corrected chi connectivity index (χ4v) is 1.88. The van der Waals surface area contributed by atoms with E-state index in [2.05, 4.69) is 31.8 Å². The average Bonchev–Trinajstić information content (AvgIpc) is 2.47. The first kappa shape index (κ1) is 11.0. The molecular weight excluding hydrogens is 198 g/mol. The van der Waals surface area contributed by atoms with Crippen LogP contribution in [0, 0.1) is 11.8 Å². The predicted octanol–water partition coefficient (Wildman–Crippen LogP) is 2.10. The summed E-state index contributed by atoms with van der Waals surface area (Å²) in [5.74, 6) is 7.01. The molecule has 1 aliphatic heterocycles. The van der Waals surface area contributed by atoms with E-state index in [9.17, 15) is 0 Å². The second-order valence-corrected chi connectivity index (χ2v) is 4.92. The monoisotopic (exact) mass is 215 g/mol. The summed E-state index contributed by atoms with van der Waals surface area (Å²) in [6, 6.07) is 5.99. The van der Waals surface area contributed by atoms with Crippen LogP contribution in [0.25, 0.3) is 0 Å². The van der Waals surface area contributed by atoms with Crippen molar-refractivity contribution < 1.29 is 4.74 Å². The van der Waals surface area contributed by atoms with Crippen LogP contribution in [0.3, 0.4) is 0 Å². The maximum Gasteiger partial charge on any atom is 0.123 e. The van der Waals surface area contributed by atoms with Crippen LogP contribution in [0.2, 0.25) is 0 Å². The lowest BCUT2D eigenvalue weighted by molar-refractivity contribution is 0.138. The first-order valence-corrected chi connectivity index (χ1v) is 5.55. The second-order valence-electron chi connectivity index (χ2n) is 4.92. The molecular formula is C14H17NO. The Labute approximate surface area is 96.8 Å². The van der Waals surface area contributed by atoms with Crippen molar-refractivity contribution in [2.24, 2.45) is 5.73 Å². The number of hydrogen-bond acceptors (Lipinski definition) is 2. The Bertz CT molecular complexity index is 463. The summed E-state index contributed by atoms with van der Waals surface area (Å²) in [5.41, 5.74) is 7.76. The fourth-order valence-electron chi connectivity index (χ4n) is 1.88. The lowest BCUT2D eigenvalue weighted by atomic mass is 10.0. The van der Waals surface area contributed by atoms with Crippen molar-refractivity contribution in [3.8, 4) is 17.6 Å². The van der Waals surface area contributed by atoms with Crippen molar-refractivity contribution in [1.82, 2.24) is 0 Å². The van der Waals surface area contributed by atoms with E-state index in [-0.39, 0.29) is 11.6 Å². The number of benzene rings is 1. The highest BCUT2D eigenvalue weighted by atomic mass is 16.5. The maximum absolute atomic E-state index is 5.80. The first-order chi connectivity index (χ1) is 7.46. The molecule has 0 saturated carbocycles. The normalized spacial score (nSPS) is 18.0. The smallest absolute Gasteiger partial charge is 0.123 e. The van der Waals surface area contributed by atoms with Crippen molar-refractivity contribution in [3.05, 3.63) is 29.3 Å². The van der Waals surface area contributed by atoms with E-state index < -0.39 is 0 Å². The minimum atomic E-state index is -0.0878. The molecule has 0 aromatic heterocycles. The van der Waals surface area contributed by atoms with Gasteiger partial charge in [0.1, 0.15) is 11.4 Å². The van der Waals surface area contributed by atoms with Gasteiger partial charge in [-0.15, -0.1) is 0 Å². The summed E-state index contributed by atoms with van der Waals surface area (Å²) in [5, 5.41) is 0. The number of nitrogens with two attached hydrogens (primary N) is 1. The molecule has 0 bridgehead atoms. The van der Waals surface area contributed by atoms with Crippen LogP contribution in [-0.4, -0.2) is 11.6 Å². The lowest BCUT2D eigenvalue weighted by Crippen LogP contribution is -2.24. The molecule has 1 aromatic carbocycles. The zero-order valence-corrected chi connectivity index (χ0v) is 10.0. The molecule has 1 heterocycles. The standard InChI is InChI=1S/C14H17NO/c1-10(15)4-5-11-6-7-13-12(8-11)9-14(2,3)16-13/h6-8,10H,9,15H2,1-3H3. The van der Waals surface area contributed by atoms with E-state index in [4.69, 9.17) is 10.5 Å². The van der Waals surface area contributed by atoms with Gasteiger partial charge >= 0.3 is 0 Å². The van der Waals surface area contributed by atoms with Crippen LogP contribution < -0.4 is 10.5 Å². The van der Waals surface area contributed by atoms with Gasteiger partial charge in [-0.25, -0.2) is 0 Å². The quantitative estimate of drug-likeness (QED) is 0.673. The molecule has 1 aromatic rings. The molecule has 2 nitrogen and oxygen atoms in total. The highest BCUT2D eigenvalue weighted by Gasteiger charge is 2.29. The molecule has 16 heavy (non-hydrogen) atoms. The maximum atomic E-state index is 5.80. The minimum absolute atomic E-state index is 0.0825. The van der Waals surface area contributed by atoms with Crippen LogP contribution in [0.1, 0.15) is 31.9 Å². The molecule has 0 fully saturated rings. The number of ether oxygens (including phenoxy) is 1. The highest BCUT2D eigenvalue weighted by molar-refractivity contribution is 5.47. The zero-order valence-electron chi connectivity index (χ0n) is 10.0. The Morgan fingerprint density at radius 2 is 2.19 bits per heavy atom. The molecule has 0 radical (unpaired) electrons. The summed E-state index contributed by atoms with van der Waals surface area (Å²) < 4.78 is 5.80. The Balaban J connectivity index is 2.27. The summed E-state index contributed by atoms with van der Waals surface area (Å²) in [6.45, 7) is 6.08. The number of fused-ring (bicyclic) bond motifs is 1. The zero-order chi connectivity index (χ0) is 11.8. The van der Waals surface area contributed by atoms with Gasteiger partial charge in [0.15, 0.2) is 0 Å². The average molecular weight is 215 g/mol. The molecule has 84 valence electrons. The van der Waals surface area contributed by atoms with Gasteiger partial charge in [0.2, 0.25) is 0 Å². The molecule has 2 N–H and O–H groups in total. The van der Waals surface area contributed by atoms with E-state index >= 15 is 0 Å². The summed E-state index contributed by atoms with van der Waals surface area (Å²) >= 11 is 0. The lowest BCUT2D eigenvalue weighted by Gasteiger charge is -2.16. The third kappa shape index (κ3) is 2.37. The molecule has 0 amide bonds. The Morgan fingerprint density at radius 3 is 2.88 bits per heavy atom. The molecule has 1 unspecified atom stereocenters. The van der Waals surface area contributed by atoms with Crippen LogP contribution in [0.15, 0.2) is 18.2 Å². The topological polar surface area (TPSA) is 35.2 Å². The molecule has 0 spiro atoms. The van der Waals surface area contributed by atoms with Gasteiger partial charge in [-0.05, 0) is 44.5 Å². The van der Waals surface area contributed by atoms with Crippen molar-refractivity contribution in [2.45, 2.75) is 38.8 Å². The molecule has 1 aliphatic rings. The summed E-state index contributed by atoms with van der Waals surface area (Å²) in [4.78, 5) is 0. The van der Waals surface area contributed by atoms with E-state index in [1.54, 1.807) is 0 Å². The van der Waals surface area contributed by atoms with Crippen LogP contribution in [-0.2, 0) is 6.42 Å². The molecule has 0 saturated heterocycles. The SMILES string of the molecule is CC(N)C#Cc1ccc2c(c1)CC(C)(C)O2. The van der Waals surface area contributed by atoms with Gasteiger partial charge in [0, 0.05) is 12.0 Å². The summed E-state index contributed by atoms with van der Waals surface area (Å²) in [6.07, 6.45) is 0.941. The van der Waals surface area contributed by atoms with E-state index in [0.29, 0.717) is 0 Å². The third-order valence-electron chi connectivity index (χ3n) is 2.51. The first-order valence-electron chi connectivity index (χ1n) is 5.55. The molecule has 0 aliphatic carbocycles. The van der Waals surface area contributed by atoms with Gasteiger partial charge < -0.3 is 10.5 Å². The van der Waals surface area contributed by atoms with Crippen molar-refractivity contribution >= 4 is 0 Å². The van der Waals surface area contributed by atoms with Crippen LogP contribution >= 0.6 is 0 Å². The Kier molecular flexibility index (Phi) is 2.65. The largest absolute Gasteiger partial charge is 0.487 e.